The van der Waals surface area contributed by atoms with E-state index in [0.717, 1.165) is 38.5 Å². The number of carbonyl (C=O) groups is 1. The third kappa shape index (κ3) is 10.8. The van der Waals surface area contributed by atoms with Crippen molar-refractivity contribution in [3.8, 4) is 0 Å². The van der Waals surface area contributed by atoms with E-state index in [-0.39, 0.29) is 11.9 Å². The van der Waals surface area contributed by atoms with Gasteiger partial charge in [-0.1, -0.05) is 38.3 Å². The van der Waals surface area contributed by atoms with Gasteiger partial charge in [0, 0.05) is 0 Å². The summed E-state index contributed by atoms with van der Waals surface area (Å²) in [5.41, 5.74) is 0.808. The summed E-state index contributed by atoms with van der Waals surface area (Å²) >= 11 is 0. The van der Waals surface area contributed by atoms with Crippen molar-refractivity contribution in [1.29, 1.82) is 0 Å². The fourth-order valence-electron chi connectivity index (χ4n) is 2.64. The van der Waals surface area contributed by atoms with E-state index < -0.39 is 5.60 Å². The van der Waals surface area contributed by atoms with Crippen molar-refractivity contribution < 1.29 is 14.6 Å². The predicted octanol–water partition coefficient (Wildman–Crippen LogP) is 5.02. The summed E-state index contributed by atoms with van der Waals surface area (Å²) in [6, 6.07) is 0. The molecule has 3 heteroatoms. The van der Waals surface area contributed by atoms with E-state index in [0.29, 0.717) is 0 Å². The number of allylic oxidation sites excluding steroid dienone is 2. The minimum atomic E-state index is -0.625. The Bertz CT molecular complexity index is 332. The lowest BCUT2D eigenvalue weighted by atomic mass is 9.90. The van der Waals surface area contributed by atoms with Crippen LogP contribution in [0.3, 0.4) is 0 Å². The Morgan fingerprint density at radius 2 is 1.91 bits per heavy atom. The molecule has 0 saturated heterocycles. The van der Waals surface area contributed by atoms with Crippen LogP contribution in [0.25, 0.3) is 0 Å². The molecule has 2 atom stereocenters. The Morgan fingerprint density at radius 1 is 1.27 bits per heavy atom. The minimum Gasteiger partial charge on any atom is -0.469 e. The number of carbonyl (C=O) groups excluding carboxylic acids is 1. The minimum absolute atomic E-state index is 0.0791. The highest BCUT2D eigenvalue weighted by Gasteiger charge is 2.21. The quantitative estimate of drug-likeness (QED) is 0.312. The maximum absolute atomic E-state index is 11.3. The van der Waals surface area contributed by atoms with Crippen molar-refractivity contribution in [2.75, 3.05) is 7.11 Å². The summed E-state index contributed by atoms with van der Waals surface area (Å²) < 4.78 is 4.72. The van der Waals surface area contributed by atoms with Gasteiger partial charge in [0.25, 0.3) is 0 Å². The molecule has 0 aromatic rings. The fourth-order valence-corrected chi connectivity index (χ4v) is 2.64. The average molecular weight is 312 g/mol. The van der Waals surface area contributed by atoms with E-state index in [9.17, 15) is 9.90 Å². The highest BCUT2D eigenvalue weighted by molar-refractivity contribution is 5.71. The number of unbranched alkanes of at least 4 members (excludes halogenated alkanes) is 2. The zero-order chi connectivity index (χ0) is 17.0. The number of methoxy groups -OCH3 is 1. The van der Waals surface area contributed by atoms with Gasteiger partial charge in [0.05, 0.1) is 18.6 Å². The Morgan fingerprint density at radius 3 is 2.50 bits per heavy atom. The predicted molar refractivity (Wildman–Crippen MR) is 92.8 cm³/mol. The Kier molecular flexibility index (Phi) is 11.3. The molecule has 22 heavy (non-hydrogen) atoms. The lowest BCUT2D eigenvalue weighted by Crippen LogP contribution is -2.24. The van der Waals surface area contributed by atoms with Gasteiger partial charge in [0.2, 0.25) is 0 Å². The van der Waals surface area contributed by atoms with Gasteiger partial charge in [-0.15, -0.1) is 0 Å². The first-order chi connectivity index (χ1) is 10.3. The molecule has 1 N–H and O–H groups in total. The SMILES string of the molecule is CCCC/C=C(\C)CCCC(C)(O)CCCC(C)C(=O)OC. The third-order valence-corrected chi connectivity index (χ3v) is 4.29. The molecule has 0 aliphatic carbocycles. The zero-order valence-electron chi connectivity index (χ0n) is 15.3. The third-order valence-electron chi connectivity index (χ3n) is 4.29. The summed E-state index contributed by atoms with van der Waals surface area (Å²) in [7, 11) is 1.42. The topological polar surface area (TPSA) is 46.5 Å². The van der Waals surface area contributed by atoms with Crippen LogP contribution in [0, 0.1) is 5.92 Å². The molecule has 0 saturated carbocycles. The Balaban J connectivity index is 3.90. The second-order valence-electron chi connectivity index (χ2n) is 6.86. The molecule has 0 aliphatic heterocycles. The zero-order valence-corrected chi connectivity index (χ0v) is 15.3. The molecule has 0 heterocycles. The van der Waals surface area contributed by atoms with Crippen LogP contribution in [-0.4, -0.2) is 23.8 Å². The van der Waals surface area contributed by atoms with Gasteiger partial charge in [-0.05, 0) is 58.8 Å². The number of rotatable bonds is 12. The molecule has 0 aliphatic rings. The second kappa shape index (κ2) is 11.7. The van der Waals surface area contributed by atoms with Crippen molar-refractivity contribution in [3.63, 3.8) is 0 Å². The normalized spacial score (nSPS) is 16.2. The van der Waals surface area contributed by atoms with E-state index >= 15 is 0 Å². The summed E-state index contributed by atoms with van der Waals surface area (Å²) in [6.07, 6.45) is 11.3. The second-order valence-corrected chi connectivity index (χ2v) is 6.86. The van der Waals surface area contributed by atoms with Crippen molar-refractivity contribution >= 4 is 5.97 Å². The number of ether oxygens (including phenoxy) is 1. The van der Waals surface area contributed by atoms with E-state index in [1.54, 1.807) is 0 Å². The number of aliphatic hydroxyl groups is 1. The molecule has 0 aromatic carbocycles. The van der Waals surface area contributed by atoms with Crippen LogP contribution in [0.1, 0.15) is 85.5 Å². The van der Waals surface area contributed by atoms with Crippen LogP contribution < -0.4 is 0 Å². The summed E-state index contributed by atoms with van der Waals surface area (Å²) in [6.45, 7) is 8.18. The lowest BCUT2D eigenvalue weighted by Gasteiger charge is -2.23. The summed E-state index contributed by atoms with van der Waals surface area (Å²) in [5.74, 6) is -0.239. The first-order valence-corrected chi connectivity index (χ1v) is 8.78. The maximum Gasteiger partial charge on any atom is 0.308 e. The lowest BCUT2D eigenvalue weighted by molar-refractivity contribution is -0.145. The Hall–Kier alpha value is -0.830. The van der Waals surface area contributed by atoms with Crippen LogP contribution in [0.15, 0.2) is 11.6 Å². The highest BCUT2D eigenvalue weighted by atomic mass is 16.5. The van der Waals surface area contributed by atoms with Gasteiger partial charge in [0.15, 0.2) is 0 Å². The van der Waals surface area contributed by atoms with Crippen molar-refractivity contribution in [3.05, 3.63) is 11.6 Å². The van der Waals surface area contributed by atoms with Crippen molar-refractivity contribution in [2.45, 2.75) is 91.1 Å². The smallest absolute Gasteiger partial charge is 0.308 e. The number of hydrogen-bond acceptors (Lipinski definition) is 3. The summed E-state index contributed by atoms with van der Waals surface area (Å²) in [5, 5.41) is 10.4. The van der Waals surface area contributed by atoms with Crippen LogP contribution in [0.4, 0.5) is 0 Å². The standard InChI is InChI=1S/C19H36O3/c1-6-7-8-11-16(2)12-9-14-19(4,21)15-10-13-17(3)18(20)22-5/h11,17,21H,6-10,12-15H2,1-5H3/b16-11+. The summed E-state index contributed by atoms with van der Waals surface area (Å²) in [4.78, 5) is 11.3. The highest BCUT2D eigenvalue weighted by Crippen LogP contribution is 2.23. The van der Waals surface area contributed by atoms with E-state index in [1.165, 1.54) is 31.9 Å². The van der Waals surface area contributed by atoms with E-state index in [4.69, 9.17) is 4.74 Å². The molecular formula is C19H36O3. The van der Waals surface area contributed by atoms with Crippen LogP contribution in [0.5, 0.6) is 0 Å². The molecular weight excluding hydrogens is 276 g/mol. The molecule has 0 amide bonds. The molecule has 0 rings (SSSR count). The van der Waals surface area contributed by atoms with Gasteiger partial charge < -0.3 is 9.84 Å². The van der Waals surface area contributed by atoms with Crippen LogP contribution in [-0.2, 0) is 9.53 Å². The Labute approximate surface area is 137 Å². The first-order valence-electron chi connectivity index (χ1n) is 8.78. The fraction of sp³-hybridized carbons (Fsp3) is 0.842. The number of hydrogen-bond donors (Lipinski definition) is 1. The first kappa shape index (κ1) is 21.2. The van der Waals surface area contributed by atoms with Gasteiger partial charge in [-0.3, -0.25) is 4.79 Å². The van der Waals surface area contributed by atoms with Crippen LogP contribution >= 0.6 is 0 Å². The van der Waals surface area contributed by atoms with Gasteiger partial charge in [-0.2, -0.15) is 0 Å². The van der Waals surface area contributed by atoms with Crippen LogP contribution in [0.2, 0.25) is 0 Å². The largest absolute Gasteiger partial charge is 0.469 e. The molecule has 0 fully saturated rings. The maximum atomic E-state index is 11.3. The number of esters is 1. The van der Waals surface area contributed by atoms with Crippen molar-refractivity contribution in [1.82, 2.24) is 0 Å². The molecule has 0 radical (unpaired) electrons. The molecule has 0 spiro atoms. The molecule has 0 bridgehead atoms. The molecule has 130 valence electrons. The van der Waals surface area contributed by atoms with Gasteiger partial charge in [-0.25, -0.2) is 0 Å². The molecule has 0 aromatic heterocycles. The van der Waals surface area contributed by atoms with Gasteiger partial charge >= 0.3 is 5.97 Å². The molecule has 3 nitrogen and oxygen atoms in total. The van der Waals surface area contributed by atoms with Gasteiger partial charge in [0.1, 0.15) is 0 Å². The van der Waals surface area contributed by atoms with Crippen molar-refractivity contribution in [2.24, 2.45) is 5.92 Å². The van der Waals surface area contributed by atoms with E-state index in [2.05, 4.69) is 19.9 Å². The monoisotopic (exact) mass is 312 g/mol. The average Bonchev–Trinajstić information content (AvgIpc) is 2.46. The molecule has 2 unspecified atom stereocenters. The van der Waals surface area contributed by atoms with E-state index in [1.807, 2.05) is 13.8 Å².